The molecular weight excluding hydrogens is 260 g/mol. The van der Waals surface area contributed by atoms with Crippen molar-refractivity contribution >= 4 is 0 Å². The van der Waals surface area contributed by atoms with Crippen LogP contribution in [0.2, 0.25) is 0 Å². The lowest BCUT2D eigenvalue weighted by atomic mass is 10.2. The number of fused-ring (bicyclic) bond motifs is 1. The van der Waals surface area contributed by atoms with Gasteiger partial charge in [0.25, 0.3) is 0 Å². The van der Waals surface area contributed by atoms with Crippen LogP contribution in [0.1, 0.15) is 17.2 Å². The molecule has 2 N–H and O–H groups in total. The molecule has 0 fully saturated rings. The minimum Gasteiger partial charge on any atom is -0.485 e. The third-order valence-electron chi connectivity index (χ3n) is 3.32. The highest BCUT2D eigenvalue weighted by molar-refractivity contribution is 5.51. The molecule has 1 aliphatic heterocycles. The molecule has 2 heterocycles. The summed E-state index contributed by atoms with van der Waals surface area (Å²) in [5, 5.41) is 8.05. The average Bonchev–Trinajstić information content (AvgIpc) is 3.03. The molecule has 0 atom stereocenters. The molecule has 0 unspecified atom stereocenters. The maximum absolute atomic E-state index is 5.79. The van der Waals surface area contributed by atoms with Crippen molar-refractivity contribution in [1.29, 1.82) is 0 Å². The van der Waals surface area contributed by atoms with E-state index in [0.29, 0.717) is 30.4 Å². The van der Waals surface area contributed by atoms with Crippen LogP contribution in [-0.2, 0) is 20.2 Å². The summed E-state index contributed by atoms with van der Waals surface area (Å²) in [6.07, 6.45) is 0. The number of nitrogens with two attached hydrogens (primary N) is 1. The first-order valence-corrected chi connectivity index (χ1v) is 6.29. The van der Waals surface area contributed by atoms with Crippen molar-refractivity contribution in [3.8, 4) is 17.2 Å². The van der Waals surface area contributed by atoms with Gasteiger partial charge in [-0.15, -0.1) is 10.2 Å². The number of benzene rings is 1. The van der Waals surface area contributed by atoms with Gasteiger partial charge < -0.3 is 24.5 Å². The van der Waals surface area contributed by atoms with Crippen molar-refractivity contribution in [1.82, 2.24) is 14.8 Å². The molecule has 0 saturated heterocycles. The molecule has 0 aliphatic carbocycles. The van der Waals surface area contributed by atoms with Gasteiger partial charge in [0.05, 0.1) is 0 Å². The molecule has 3 rings (SSSR count). The minimum atomic E-state index is 0.227. The fourth-order valence-corrected chi connectivity index (χ4v) is 1.98. The Morgan fingerprint density at radius 1 is 1.30 bits per heavy atom. The Balaban J connectivity index is 1.82. The Morgan fingerprint density at radius 2 is 2.05 bits per heavy atom. The summed E-state index contributed by atoms with van der Waals surface area (Å²) >= 11 is 0. The zero-order chi connectivity index (χ0) is 14.1. The Bertz CT molecular complexity index is 639. The Hall–Kier alpha value is -2.28. The van der Waals surface area contributed by atoms with Crippen LogP contribution in [-0.4, -0.2) is 21.6 Å². The van der Waals surface area contributed by atoms with E-state index < -0.39 is 0 Å². The van der Waals surface area contributed by atoms with E-state index in [-0.39, 0.29) is 6.79 Å². The van der Waals surface area contributed by atoms with Gasteiger partial charge in [-0.05, 0) is 13.0 Å². The number of ether oxygens (including phenoxy) is 3. The number of aromatic nitrogens is 3. The van der Waals surface area contributed by atoms with Crippen molar-refractivity contribution in [2.24, 2.45) is 12.8 Å². The maximum atomic E-state index is 5.79. The van der Waals surface area contributed by atoms with Crippen LogP contribution in [0.3, 0.4) is 0 Å². The normalized spacial score (nSPS) is 12.8. The van der Waals surface area contributed by atoms with Crippen molar-refractivity contribution in [3.63, 3.8) is 0 Å². The molecule has 106 valence electrons. The summed E-state index contributed by atoms with van der Waals surface area (Å²) < 4.78 is 18.3. The molecule has 2 aromatic rings. The van der Waals surface area contributed by atoms with Crippen molar-refractivity contribution in [2.75, 3.05) is 6.79 Å². The van der Waals surface area contributed by atoms with Crippen molar-refractivity contribution in [2.45, 2.75) is 20.1 Å². The van der Waals surface area contributed by atoms with Crippen LogP contribution in [0.5, 0.6) is 17.2 Å². The number of rotatable bonds is 4. The van der Waals surface area contributed by atoms with Gasteiger partial charge in [0.2, 0.25) is 6.79 Å². The Kier molecular flexibility index (Phi) is 3.19. The van der Waals surface area contributed by atoms with E-state index in [1.165, 1.54) is 0 Å². The molecule has 0 radical (unpaired) electrons. The number of hydrogen-bond donors (Lipinski definition) is 1. The van der Waals surface area contributed by atoms with Crippen LogP contribution in [0.15, 0.2) is 12.1 Å². The molecule has 0 amide bonds. The second kappa shape index (κ2) is 5.01. The zero-order valence-corrected chi connectivity index (χ0v) is 11.4. The highest BCUT2D eigenvalue weighted by Gasteiger charge is 2.18. The fraction of sp³-hybridized carbons (Fsp3) is 0.385. The molecule has 20 heavy (non-hydrogen) atoms. The van der Waals surface area contributed by atoms with Gasteiger partial charge in [0, 0.05) is 25.2 Å². The predicted octanol–water partition coefficient (Wildman–Crippen LogP) is 0.890. The van der Waals surface area contributed by atoms with Gasteiger partial charge in [-0.3, -0.25) is 0 Å². The van der Waals surface area contributed by atoms with Gasteiger partial charge in [-0.2, -0.15) is 0 Å². The van der Waals surface area contributed by atoms with Crippen LogP contribution < -0.4 is 19.9 Å². The largest absolute Gasteiger partial charge is 0.485 e. The van der Waals surface area contributed by atoms with Gasteiger partial charge in [-0.25, -0.2) is 0 Å². The van der Waals surface area contributed by atoms with Gasteiger partial charge in [-0.1, -0.05) is 0 Å². The summed E-state index contributed by atoms with van der Waals surface area (Å²) in [5.41, 5.74) is 6.61. The second-order valence-corrected chi connectivity index (χ2v) is 4.53. The highest BCUT2D eigenvalue weighted by atomic mass is 16.7. The Morgan fingerprint density at radius 3 is 2.70 bits per heavy atom. The number of hydrogen-bond acceptors (Lipinski definition) is 6. The minimum absolute atomic E-state index is 0.227. The smallest absolute Gasteiger partial charge is 0.231 e. The van der Waals surface area contributed by atoms with Crippen molar-refractivity contribution < 1.29 is 14.2 Å². The fourth-order valence-electron chi connectivity index (χ4n) is 1.98. The summed E-state index contributed by atoms with van der Waals surface area (Å²) in [6, 6.07) is 3.65. The lowest BCUT2D eigenvalue weighted by Crippen LogP contribution is -2.07. The quantitative estimate of drug-likeness (QED) is 0.892. The molecule has 7 nitrogen and oxygen atoms in total. The first kappa shape index (κ1) is 12.7. The lowest BCUT2D eigenvalue weighted by molar-refractivity contribution is 0.173. The zero-order valence-electron chi connectivity index (χ0n) is 11.4. The summed E-state index contributed by atoms with van der Waals surface area (Å²) in [7, 11) is 1.90. The van der Waals surface area contributed by atoms with Gasteiger partial charge in [0.1, 0.15) is 18.2 Å². The van der Waals surface area contributed by atoms with E-state index >= 15 is 0 Å². The third-order valence-corrected chi connectivity index (χ3v) is 3.32. The SMILES string of the molecule is Cc1nnc(COc2cc3c(cc2CN)OCO3)n1C. The first-order chi connectivity index (χ1) is 9.69. The summed E-state index contributed by atoms with van der Waals surface area (Å²) in [5.74, 6) is 3.65. The predicted molar refractivity (Wildman–Crippen MR) is 70.5 cm³/mol. The van der Waals surface area contributed by atoms with Crippen LogP contribution >= 0.6 is 0 Å². The lowest BCUT2D eigenvalue weighted by Gasteiger charge is -2.11. The molecule has 1 aromatic carbocycles. The van der Waals surface area contributed by atoms with Crippen LogP contribution in [0, 0.1) is 6.92 Å². The first-order valence-electron chi connectivity index (χ1n) is 6.29. The van der Waals surface area contributed by atoms with E-state index in [1.807, 2.05) is 24.6 Å². The monoisotopic (exact) mass is 276 g/mol. The molecule has 1 aliphatic rings. The number of aryl methyl sites for hydroxylation is 1. The molecule has 0 saturated carbocycles. The molecule has 0 spiro atoms. The van der Waals surface area contributed by atoms with Crippen LogP contribution in [0.25, 0.3) is 0 Å². The third kappa shape index (κ3) is 2.16. The van der Waals surface area contributed by atoms with E-state index in [0.717, 1.165) is 17.2 Å². The molecule has 7 heteroatoms. The van der Waals surface area contributed by atoms with E-state index in [4.69, 9.17) is 19.9 Å². The van der Waals surface area contributed by atoms with E-state index in [9.17, 15) is 0 Å². The molecular formula is C13H16N4O3. The average molecular weight is 276 g/mol. The Labute approximate surface area is 116 Å². The summed E-state index contributed by atoms with van der Waals surface area (Å²) in [6.45, 7) is 2.81. The van der Waals surface area contributed by atoms with E-state index in [1.54, 1.807) is 6.07 Å². The number of nitrogens with zero attached hydrogens (tertiary/aromatic N) is 3. The van der Waals surface area contributed by atoms with Crippen LogP contribution in [0.4, 0.5) is 0 Å². The summed E-state index contributed by atoms with van der Waals surface area (Å²) in [4.78, 5) is 0. The molecule has 0 bridgehead atoms. The maximum Gasteiger partial charge on any atom is 0.231 e. The van der Waals surface area contributed by atoms with Gasteiger partial charge >= 0.3 is 0 Å². The highest BCUT2D eigenvalue weighted by Crippen LogP contribution is 2.38. The topological polar surface area (TPSA) is 84.4 Å². The van der Waals surface area contributed by atoms with E-state index in [2.05, 4.69) is 10.2 Å². The van der Waals surface area contributed by atoms with Gasteiger partial charge in [0.15, 0.2) is 17.3 Å². The standard InChI is InChI=1S/C13H16N4O3/c1-8-15-16-13(17(8)2)6-18-10-4-12-11(19-7-20-12)3-9(10)5-14/h3-4H,5-7,14H2,1-2H3. The molecule has 1 aromatic heterocycles. The van der Waals surface area contributed by atoms with Crippen molar-refractivity contribution in [3.05, 3.63) is 29.3 Å². The second-order valence-electron chi connectivity index (χ2n) is 4.53.